The molecule has 1 atom stereocenters. The summed E-state index contributed by atoms with van der Waals surface area (Å²) in [5, 5.41) is 6.40. The van der Waals surface area contributed by atoms with Gasteiger partial charge in [-0.2, -0.15) is 14.3 Å². The summed E-state index contributed by atoms with van der Waals surface area (Å²) >= 11 is 8.94. The lowest BCUT2D eigenvalue weighted by atomic mass is 10.1. The molecule has 0 bridgehead atoms. The van der Waals surface area contributed by atoms with E-state index in [9.17, 15) is 14.4 Å². The Balaban J connectivity index is 1.54. The molecule has 4 rings (SSSR count). The number of amides is 4. The first-order chi connectivity index (χ1) is 15.0. The van der Waals surface area contributed by atoms with Gasteiger partial charge in [-0.05, 0) is 41.1 Å². The molecule has 0 saturated carbocycles. The zero-order valence-electron chi connectivity index (χ0n) is 16.5. The lowest BCUT2D eigenvalue weighted by Gasteiger charge is -2.24. The number of carbonyl (C=O) groups is 3. The van der Waals surface area contributed by atoms with E-state index in [1.807, 2.05) is 17.5 Å². The monoisotopic (exact) mass is 476 g/mol. The number of allylic oxidation sites excluding steroid dienone is 1. The van der Waals surface area contributed by atoms with E-state index in [4.69, 9.17) is 16.3 Å². The van der Waals surface area contributed by atoms with Crippen LogP contribution >= 0.6 is 34.7 Å². The van der Waals surface area contributed by atoms with E-state index in [0.29, 0.717) is 28.6 Å². The van der Waals surface area contributed by atoms with Crippen LogP contribution in [0.5, 0.6) is 5.75 Å². The Kier molecular flexibility index (Phi) is 6.45. The number of hydrogen-bond donors (Lipinski definition) is 1. The Morgan fingerprint density at radius 3 is 2.90 bits per heavy atom. The Morgan fingerprint density at radius 1 is 1.32 bits per heavy atom. The summed E-state index contributed by atoms with van der Waals surface area (Å²) < 4.78 is 6.62. The van der Waals surface area contributed by atoms with Crippen molar-refractivity contribution in [1.29, 1.82) is 0 Å². The zero-order valence-corrected chi connectivity index (χ0v) is 18.9. The minimum atomic E-state index is -0.519. The molecule has 0 fully saturated rings. The van der Waals surface area contributed by atoms with Crippen molar-refractivity contribution in [3.05, 3.63) is 57.1 Å². The van der Waals surface area contributed by atoms with Crippen LogP contribution in [0.2, 0.25) is 5.02 Å². The highest BCUT2D eigenvalue weighted by molar-refractivity contribution is 8.04. The lowest BCUT2D eigenvalue weighted by molar-refractivity contribution is -0.425. The van der Waals surface area contributed by atoms with Gasteiger partial charge < -0.3 is 10.1 Å². The van der Waals surface area contributed by atoms with Crippen LogP contribution in [-0.2, 0) is 16.0 Å². The predicted molar refractivity (Wildman–Crippen MR) is 122 cm³/mol. The largest absolute Gasteiger partial charge is 0.501 e. The van der Waals surface area contributed by atoms with Crippen LogP contribution in [0.25, 0.3) is 0 Å². The van der Waals surface area contributed by atoms with E-state index in [1.165, 1.54) is 28.3 Å². The number of thiophene rings is 1. The van der Waals surface area contributed by atoms with Crippen LogP contribution in [0.4, 0.5) is 10.5 Å². The number of fused-ring (bicyclic) bond motifs is 1. The molecule has 3 heterocycles. The van der Waals surface area contributed by atoms with Gasteiger partial charge in [-0.15, -0.1) is 23.1 Å². The summed E-state index contributed by atoms with van der Waals surface area (Å²) in [6.07, 6.45) is 2.30. The quantitative estimate of drug-likeness (QED) is 0.617. The molecule has 2 aromatic rings. The molecule has 31 heavy (non-hydrogen) atoms. The number of methoxy groups -OCH3 is 1. The van der Waals surface area contributed by atoms with Crippen molar-refractivity contribution in [2.24, 2.45) is 0 Å². The summed E-state index contributed by atoms with van der Waals surface area (Å²) in [7, 11) is 1.49. The molecule has 2 aliphatic heterocycles. The molecule has 1 aromatic carbocycles. The first kappa shape index (κ1) is 21.6. The average Bonchev–Trinajstić information content (AvgIpc) is 3.43. The number of anilines is 1. The molecule has 1 N–H and O–H groups in total. The van der Waals surface area contributed by atoms with E-state index >= 15 is 0 Å². The molecule has 160 valence electrons. The number of urea groups is 1. The van der Waals surface area contributed by atoms with Crippen molar-refractivity contribution < 1.29 is 23.7 Å². The Labute approximate surface area is 192 Å². The third-order valence-electron chi connectivity index (χ3n) is 4.89. The van der Waals surface area contributed by atoms with Crippen LogP contribution < -0.4 is 10.1 Å². The first-order valence-corrected chi connectivity index (χ1v) is 11.7. The minimum absolute atomic E-state index is 0.228. The predicted octanol–water partition coefficient (Wildman–Crippen LogP) is 3.64. The van der Waals surface area contributed by atoms with Crippen molar-refractivity contribution in [3.8, 4) is 5.75 Å². The second-order valence-corrected chi connectivity index (χ2v) is 9.31. The third kappa shape index (κ3) is 4.53. The standard InChI is InChI=1S/C21H18ClN3O4S2/c1-29-17-5-4-13(22)11-15(17)23-18(26)12-25-16-7-10-31-19(16)20(27)24(21(25)28)8-6-14-3-2-9-30-14/h2-5,7,9-11,19H,6,8,12H2,1H3/p+1. The van der Waals surface area contributed by atoms with Crippen molar-refractivity contribution in [2.45, 2.75) is 11.7 Å². The average molecular weight is 477 g/mol. The van der Waals surface area contributed by atoms with Gasteiger partial charge in [0.1, 0.15) is 18.0 Å². The molecule has 0 radical (unpaired) electrons. The molecule has 0 spiro atoms. The highest BCUT2D eigenvalue weighted by Gasteiger charge is 2.49. The van der Waals surface area contributed by atoms with E-state index in [1.54, 1.807) is 41.0 Å². The van der Waals surface area contributed by atoms with Gasteiger partial charge in [-0.3, -0.25) is 4.79 Å². The number of thioether (sulfide) groups is 1. The Hall–Kier alpha value is -2.62. The fourth-order valence-electron chi connectivity index (χ4n) is 3.41. The second-order valence-electron chi connectivity index (χ2n) is 6.82. The van der Waals surface area contributed by atoms with Crippen molar-refractivity contribution in [2.75, 3.05) is 25.5 Å². The second kappa shape index (κ2) is 9.25. The molecule has 4 amide bonds. The maximum absolute atomic E-state index is 13.1. The minimum Gasteiger partial charge on any atom is -0.495 e. The zero-order chi connectivity index (χ0) is 22.0. The number of halogens is 1. The lowest BCUT2D eigenvalue weighted by Crippen LogP contribution is -2.56. The summed E-state index contributed by atoms with van der Waals surface area (Å²) in [5.74, 6) is -0.213. The smallest absolute Gasteiger partial charge is 0.495 e. The first-order valence-electron chi connectivity index (χ1n) is 9.45. The molecular formula is C21H19ClN3O4S2+. The van der Waals surface area contributed by atoms with Crippen LogP contribution in [-0.4, -0.2) is 58.5 Å². The number of rotatable bonds is 7. The topological polar surface area (TPSA) is 78.7 Å². The Morgan fingerprint density at radius 2 is 2.16 bits per heavy atom. The fourth-order valence-corrected chi connectivity index (χ4v) is 5.24. The van der Waals surface area contributed by atoms with Crippen molar-refractivity contribution in [3.63, 3.8) is 0 Å². The summed E-state index contributed by atoms with van der Waals surface area (Å²) in [6, 6.07) is 8.29. The van der Waals surface area contributed by atoms with Crippen LogP contribution in [0, 0.1) is 0 Å². The fraction of sp³-hybridized carbons (Fsp3) is 0.238. The number of benzene rings is 1. The number of imide groups is 1. The van der Waals surface area contributed by atoms with Gasteiger partial charge in [0.05, 0.1) is 12.8 Å². The molecule has 10 heteroatoms. The Bertz CT molecular complexity index is 1100. The molecule has 7 nitrogen and oxygen atoms in total. The number of hydrogen-bond acceptors (Lipinski definition) is 6. The molecule has 0 aliphatic carbocycles. The molecule has 2 aliphatic rings. The molecular weight excluding hydrogens is 458 g/mol. The van der Waals surface area contributed by atoms with Gasteiger partial charge in [0.15, 0.2) is 11.8 Å². The SMILES string of the molecule is COc1ccc(Cl)cc1NC(=O)C[N+]1=C2C=CSC2C(=O)N(CCc2cccs2)C1=O. The normalized spacial score (nSPS) is 17.9. The number of nitrogens with one attached hydrogen (secondary N) is 1. The van der Waals surface area contributed by atoms with E-state index in [2.05, 4.69) is 5.32 Å². The van der Waals surface area contributed by atoms with Crippen molar-refractivity contribution in [1.82, 2.24) is 4.90 Å². The number of carbonyl (C=O) groups excluding carboxylic acids is 3. The summed E-state index contributed by atoms with van der Waals surface area (Å²) in [4.78, 5) is 41.1. The number of nitrogens with zero attached hydrogens (tertiary/aromatic N) is 2. The van der Waals surface area contributed by atoms with Crippen LogP contribution in [0.1, 0.15) is 4.88 Å². The highest BCUT2D eigenvalue weighted by atomic mass is 35.5. The molecule has 1 unspecified atom stereocenters. The molecule has 1 aromatic heterocycles. The van der Waals surface area contributed by atoms with Crippen molar-refractivity contribution >= 4 is 63.9 Å². The van der Waals surface area contributed by atoms with Gasteiger partial charge in [-0.1, -0.05) is 17.7 Å². The number of ether oxygens (including phenoxy) is 1. The van der Waals surface area contributed by atoms with Gasteiger partial charge in [0.25, 0.3) is 5.91 Å². The van der Waals surface area contributed by atoms with E-state index in [0.717, 1.165) is 4.88 Å². The summed E-state index contributed by atoms with van der Waals surface area (Å²) in [5.41, 5.74) is 0.938. The maximum atomic E-state index is 13.1. The van der Waals surface area contributed by atoms with Crippen LogP contribution in [0.3, 0.4) is 0 Å². The third-order valence-corrected chi connectivity index (χ3v) is 7.06. The van der Waals surface area contributed by atoms with Gasteiger partial charge >= 0.3 is 11.9 Å². The molecule has 0 saturated heterocycles. The highest BCUT2D eigenvalue weighted by Crippen LogP contribution is 2.29. The van der Waals surface area contributed by atoms with Crippen LogP contribution in [0.15, 0.2) is 47.2 Å². The van der Waals surface area contributed by atoms with Gasteiger partial charge in [0, 0.05) is 16.3 Å². The van der Waals surface area contributed by atoms with Gasteiger partial charge in [0.2, 0.25) is 0 Å². The van der Waals surface area contributed by atoms with E-state index in [-0.39, 0.29) is 19.0 Å². The van der Waals surface area contributed by atoms with E-state index < -0.39 is 17.2 Å². The maximum Gasteiger partial charge on any atom is 0.501 e. The van der Waals surface area contributed by atoms with Gasteiger partial charge in [-0.25, -0.2) is 4.79 Å². The summed E-state index contributed by atoms with van der Waals surface area (Å²) in [6.45, 7) is 0.0385.